The Morgan fingerprint density at radius 3 is 2.19 bits per heavy atom. The molecule has 1 spiro atoms. The van der Waals surface area contributed by atoms with Crippen molar-refractivity contribution in [1.29, 1.82) is 0 Å². The lowest BCUT2D eigenvalue weighted by molar-refractivity contribution is -0.0508. The van der Waals surface area contributed by atoms with Gasteiger partial charge in [-0.3, -0.25) is 0 Å². The molecule has 0 aromatic carbocycles. The molecule has 3 rings (SSSR count). The van der Waals surface area contributed by atoms with Crippen LogP contribution in [0.2, 0.25) is 0 Å². The Bertz CT molecular complexity index is 316. The van der Waals surface area contributed by atoms with Crippen LogP contribution in [-0.2, 0) is 4.74 Å². The second-order valence-electron chi connectivity index (χ2n) is 8.33. The normalized spacial score (nSPS) is 34.3. The third-order valence-electron chi connectivity index (χ3n) is 6.75. The highest BCUT2D eigenvalue weighted by Gasteiger charge is 2.47. The van der Waals surface area contributed by atoms with E-state index in [9.17, 15) is 0 Å². The predicted octanol–water partition coefficient (Wildman–Crippen LogP) is 4.48. The minimum Gasteiger partial charge on any atom is -0.379 e. The molecule has 2 heteroatoms. The summed E-state index contributed by atoms with van der Waals surface area (Å²) in [4.78, 5) is 2.82. The molecule has 0 unspecified atom stereocenters. The number of piperidine rings is 1. The SMILES string of the molecule is CCOC1CCC(N2CCC3(CC2)CC(C(C)C)C3)CC1. The van der Waals surface area contributed by atoms with Crippen molar-refractivity contribution in [3.05, 3.63) is 0 Å². The monoisotopic (exact) mass is 293 g/mol. The van der Waals surface area contributed by atoms with Crippen molar-refractivity contribution in [1.82, 2.24) is 4.90 Å². The first-order valence-corrected chi connectivity index (χ1v) is 9.47. The molecule has 0 aromatic rings. The summed E-state index contributed by atoms with van der Waals surface area (Å²) >= 11 is 0. The van der Waals surface area contributed by atoms with Gasteiger partial charge in [-0.2, -0.15) is 0 Å². The zero-order valence-corrected chi connectivity index (χ0v) is 14.4. The first-order valence-electron chi connectivity index (χ1n) is 9.47. The van der Waals surface area contributed by atoms with Gasteiger partial charge in [-0.05, 0) is 88.6 Å². The average molecular weight is 293 g/mol. The highest BCUT2D eigenvalue weighted by molar-refractivity contribution is 4.98. The van der Waals surface area contributed by atoms with Gasteiger partial charge >= 0.3 is 0 Å². The van der Waals surface area contributed by atoms with E-state index in [0.717, 1.165) is 29.9 Å². The van der Waals surface area contributed by atoms with Gasteiger partial charge in [0, 0.05) is 12.6 Å². The van der Waals surface area contributed by atoms with Crippen molar-refractivity contribution in [2.45, 2.75) is 84.3 Å². The Hall–Kier alpha value is -0.0800. The number of likely N-dealkylation sites (tertiary alicyclic amines) is 1. The highest BCUT2D eigenvalue weighted by Crippen LogP contribution is 2.55. The minimum atomic E-state index is 0.556. The van der Waals surface area contributed by atoms with E-state index in [2.05, 4.69) is 25.7 Å². The lowest BCUT2D eigenvalue weighted by Gasteiger charge is -2.55. The van der Waals surface area contributed by atoms with Crippen molar-refractivity contribution in [2.75, 3.05) is 19.7 Å². The fourth-order valence-electron chi connectivity index (χ4n) is 5.11. The Labute approximate surface area is 131 Å². The number of ether oxygens (including phenoxy) is 1. The van der Waals surface area contributed by atoms with Crippen molar-refractivity contribution in [3.8, 4) is 0 Å². The van der Waals surface area contributed by atoms with Crippen LogP contribution in [0.3, 0.4) is 0 Å². The summed E-state index contributed by atoms with van der Waals surface area (Å²) in [6.45, 7) is 10.6. The Morgan fingerprint density at radius 1 is 1.05 bits per heavy atom. The highest BCUT2D eigenvalue weighted by atomic mass is 16.5. The van der Waals surface area contributed by atoms with Gasteiger partial charge in [0.2, 0.25) is 0 Å². The molecular weight excluding hydrogens is 258 g/mol. The van der Waals surface area contributed by atoms with Crippen molar-refractivity contribution in [3.63, 3.8) is 0 Å². The number of rotatable bonds is 4. The van der Waals surface area contributed by atoms with E-state index in [1.807, 2.05) is 0 Å². The number of hydrogen-bond donors (Lipinski definition) is 0. The Kier molecular flexibility index (Phi) is 4.95. The van der Waals surface area contributed by atoms with Crippen molar-refractivity contribution in [2.24, 2.45) is 17.3 Å². The molecule has 122 valence electrons. The van der Waals surface area contributed by atoms with Gasteiger partial charge in [-0.25, -0.2) is 0 Å². The van der Waals surface area contributed by atoms with Gasteiger partial charge in [0.25, 0.3) is 0 Å². The maximum Gasteiger partial charge on any atom is 0.0576 e. The third kappa shape index (κ3) is 3.47. The van der Waals surface area contributed by atoms with E-state index in [1.54, 1.807) is 0 Å². The third-order valence-corrected chi connectivity index (χ3v) is 6.75. The molecule has 1 aliphatic heterocycles. The summed E-state index contributed by atoms with van der Waals surface area (Å²) in [7, 11) is 0. The molecule has 0 bridgehead atoms. The molecule has 2 saturated carbocycles. The largest absolute Gasteiger partial charge is 0.379 e. The Balaban J connectivity index is 1.41. The van der Waals surface area contributed by atoms with E-state index in [-0.39, 0.29) is 0 Å². The molecule has 1 saturated heterocycles. The minimum absolute atomic E-state index is 0.556. The molecule has 21 heavy (non-hydrogen) atoms. The van der Waals surface area contributed by atoms with Crippen molar-refractivity contribution >= 4 is 0 Å². The molecule has 0 N–H and O–H groups in total. The molecule has 2 nitrogen and oxygen atoms in total. The van der Waals surface area contributed by atoms with E-state index in [0.29, 0.717) is 6.10 Å². The van der Waals surface area contributed by atoms with Crippen LogP contribution in [0, 0.1) is 17.3 Å². The maximum atomic E-state index is 5.79. The summed E-state index contributed by atoms with van der Waals surface area (Å²) in [6.07, 6.45) is 11.9. The fourth-order valence-corrected chi connectivity index (χ4v) is 5.11. The van der Waals surface area contributed by atoms with Gasteiger partial charge in [-0.15, -0.1) is 0 Å². The van der Waals surface area contributed by atoms with E-state index in [4.69, 9.17) is 4.74 Å². The zero-order chi connectivity index (χ0) is 14.9. The smallest absolute Gasteiger partial charge is 0.0576 e. The van der Waals surface area contributed by atoms with Crippen LogP contribution in [0.5, 0.6) is 0 Å². The van der Waals surface area contributed by atoms with Crippen LogP contribution in [-0.4, -0.2) is 36.7 Å². The van der Waals surface area contributed by atoms with Gasteiger partial charge in [0.15, 0.2) is 0 Å². The van der Waals surface area contributed by atoms with Crippen LogP contribution in [0.1, 0.15) is 72.1 Å². The molecule has 0 aromatic heterocycles. The summed E-state index contributed by atoms with van der Waals surface area (Å²) in [5, 5.41) is 0. The first kappa shape index (κ1) is 15.8. The van der Waals surface area contributed by atoms with Crippen LogP contribution in [0.15, 0.2) is 0 Å². The molecule has 0 amide bonds. The van der Waals surface area contributed by atoms with Crippen LogP contribution >= 0.6 is 0 Å². The van der Waals surface area contributed by atoms with E-state index >= 15 is 0 Å². The van der Waals surface area contributed by atoms with Crippen LogP contribution in [0.4, 0.5) is 0 Å². The second kappa shape index (κ2) is 6.58. The second-order valence-corrected chi connectivity index (χ2v) is 8.33. The lowest BCUT2D eigenvalue weighted by Crippen LogP contribution is -2.51. The van der Waals surface area contributed by atoms with Crippen LogP contribution in [0.25, 0.3) is 0 Å². The molecular formula is C19H35NO. The molecule has 3 aliphatic rings. The number of nitrogens with zero attached hydrogens (tertiary/aromatic N) is 1. The summed E-state index contributed by atoms with van der Waals surface area (Å²) in [5.41, 5.74) is 0.758. The number of hydrogen-bond acceptors (Lipinski definition) is 2. The predicted molar refractivity (Wildman–Crippen MR) is 88.5 cm³/mol. The van der Waals surface area contributed by atoms with Crippen LogP contribution < -0.4 is 0 Å². The fraction of sp³-hybridized carbons (Fsp3) is 1.00. The zero-order valence-electron chi connectivity index (χ0n) is 14.4. The Morgan fingerprint density at radius 2 is 1.67 bits per heavy atom. The molecule has 0 atom stereocenters. The standard InChI is InChI=1S/C19H35NO/c1-4-21-18-7-5-17(6-8-18)20-11-9-19(10-12-20)13-16(14-19)15(2)3/h15-18H,4-14H2,1-3H3. The van der Waals surface area contributed by atoms with Gasteiger partial charge in [-0.1, -0.05) is 13.8 Å². The van der Waals surface area contributed by atoms with Gasteiger partial charge in [0.05, 0.1) is 6.10 Å². The molecule has 1 heterocycles. The van der Waals surface area contributed by atoms with Gasteiger partial charge < -0.3 is 9.64 Å². The lowest BCUT2D eigenvalue weighted by atomic mass is 9.55. The topological polar surface area (TPSA) is 12.5 Å². The van der Waals surface area contributed by atoms with Crippen molar-refractivity contribution < 1.29 is 4.74 Å². The summed E-state index contributed by atoms with van der Waals surface area (Å²) in [6, 6.07) is 0.861. The van der Waals surface area contributed by atoms with Gasteiger partial charge in [0.1, 0.15) is 0 Å². The quantitative estimate of drug-likeness (QED) is 0.757. The molecule has 0 radical (unpaired) electrons. The van der Waals surface area contributed by atoms with E-state index < -0.39 is 0 Å². The average Bonchev–Trinajstić information content (AvgIpc) is 2.46. The maximum absolute atomic E-state index is 5.79. The molecule has 2 aliphatic carbocycles. The summed E-state index contributed by atoms with van der Waals surface area (Å²) in [5.74, 6) is 1.93. The van der Waals surface area contributed by atoms with E-state index in [1.165, 1.54) is 64.5 Å². The molecule has 3 fully saturated rings. The summed E-state index contributed by atoms with van der Waals surface area (Å²) < 4.78 is 5.79. The first-order chi connectivity index (χ1) is 10.1.